The molecule has 1 amide bonds. The Morgan fingerprint density at radius 1 is 0.969 bits per heavy atom. The fraction of sp³-hybridized carbons (Fsp3) is 0.240. The van der Waals surface area contributed by atoms with Crippen LogP contribution in [0.3, 0.4) is 0 Å². The van der Waals surface area contributed by atoms with Gasteiger partial charge in [-0.3, -0.25) is 9.59 Å². The zero-order chi connectivity index (χ0) is 22.8. The monoisotopic (exact) mass is 430 g/mol. The largest absolute Gasteiger partial charge is 0.455 e. The molecule has 0 radical (unpaired) electrons. The lowest BCUT2D eigenvalue weighted by molar-refractivity contribution is -0.146. The number of amides is 1. The van der Waals surface area contributed by atoms with Crippen LogP contribution < -0.4 is 5.32 Å². The number of esters is 1. The van der Waals surface area contributed by atoms with Gasteiger partial charge in [0.05, 0.1) is 29.2 Å². The number of carbonyl (C=O) groups excluding carboxylic acids is 2. The summed E-state index contributed by atoms with van der Waals surface area (Å²) >= 11 is 0. The van der Waals surface area contributed by atoms with Gasteiger partial charge in [0.15, 0.2) is 6.61 Å². The molecule has 2 heterocycles. The predicted octanol–water partition coefficient (Wildman–Crippen LogP) is 4.01. The number of nitrogens with zero attached hydrogens (tertiary/aromatic N) is 3. The van der Waals surface area contributed by atoms with E-state index in [1.807, 2.05) is 82.4 Å². The van der Waals surface area contributed by atoms with Crippen molar-refractivity contribution in [1.82, 2.24) is 14.3 Å². The Kier molecular flexibility index (Phi) is 5.81. The van der Waals surface area contributed by atoms with Gasteiger partial charge in [0.25, 0.3) is 5.91 Å². The summed E-state index contributed by atoms with van der Waals surface area (Å²) in [5.41, 5.74) is 6.02. The smallest absolute Gasteiger partial charge is 0.310 e. The highest BCUT2D eigenvalue weighted by atomic mass is 16.5. The number of aromatic nitrogens is 3. The van der Waals surface area contributed by atoms with E-state index >= 15 is 0 Å². The summed E-state index contributed by atoms with van der Waals surface area (Å²) in [4.78, 5) is 24.9. The first kappa shape index (κ1) is 21.4. The van der Waals surface area contributed by atoms with Crippen molar-refractivity contribution in [1.29, 1.82) is 0 Å². The van der Waals surface area contributed by atoms with Crippen LogP contribution in [0.4, 0.5) is 5.69 Å². The number of hydrogen-bond donors (Lipinski definition) is 1. The Bertz CT molecular complexity index is 1300. The van der Waals surface area contributed by atoms with Crippen LogP contribution in [0, 0.1) is 20.8 Å². The molecule has 0 saturated carbocycles. The predicted molar refractivity (Wildman–Crippen MR) is 124 cm³/mol. The molecule has 2 aromatic carbocycles. The van der Waals surface area contributed by atoms with E-state index < -0.39 is 11.9 Å². The summed E-state index contributed by atoms with van der Waals surface area (Å²) in [5, 5.41) is 8.37. The second-order valence-electron chi connectivity index (χ2n) is 7.82. The number of fused-ring (bicyclic) bond motifs is 1. The fourth-order valence-electron chi connectivity index (χ4n) is 3.98. The Labute approximate surface area is 186 Å². The minimum absolute atomic E-state index is 0.116. The van der Waals surface area contributed by atoms with Gasteiger partial charge in [0.2, 0.25) is 0 Å². The average Bonchev–Trinajstić information content (AvgIpc) is 3.21. The number of rotatable bonds is 6. The van der Waals surface area contributed by atoms with Gasteiger partial charge in [-0.25, -0.2) is 4.68 Å². The molecular formula is C25H26N4O3. The second kappa shape index (κ2) is 8.70. The molecule has 7 nitrogen and oxygen atoms in total. The Morgan fingerprint density at radius 2 is 1.66 bits per heavy atom. The van der Waals surface area contributed by atoms with Crippen LogP contribution in [0.25, 0.3) is 16.6 Å². The molecule has 0 aliphatic rings. The number of aryl methyl sites for hydroxylation is 2. The molecule has 7 heteroatoms. The number of nitrogens with one attached hydrogen (secondary N) is 1. The van der Waals surface area contributed by atoms with E-state index in [0.717, 1.165) is 33.5 Å². The average molecular weight is 431 g/mol. The highest BCUT2D eigenvalue weighted by Gasteiger charge is 2.18. The van der Waals surface area contributed by atoms with Gasteiger partial charge < -0.3 is 14.6 Å². The van der Waals surface area contributed by atoms with Crippen molar-refractivity contribution < 1.29 is 14.3 Å². The number of benzene rings is 2. The third-order valence-electron chi connectivity index (χ3n) is 5.77. The minimum atomic E-state index is -0.437. The van der Waals surface area contributed by atoms with Crippen molar-refractivity contribution in [3.8, 4) is 5.69 Å². The summed E-state index contributed by atoms with van der Waals surface area (Å²) in [6, 6.07) is 17.6. The molecule has 0 fully saturated rings. The van der Waals surface area contributed by atoms with Crippen LogP contribution in [-0.4, -0.2) is 32.8 Å². The molecule has 4 aromatic rings. The van der Waals surface area contributed by atoms with E-state index in [4.69, 9.17) is 4.74 Å². The molecule has 0 unspecified atom stereocenters. The zero-order valence-corrected chi connectivity index (χ0v) is 18.7. The van der Waals surface area contributed by atoms with E-state index in [1.54, 1.807) is 4.68 Å². The molecule has 1 N–H and O–H groups in total. The fourth-order valence-corrected chi connectivity index (χ4v) is 3.98. The van der Waals surface area contributed by atoms with Gasteiger partial charge in [0.1, 0.15) is 0 Å². The number of hydrogen-bond acceptors (Lipinski definition) is 4. The Morgan fingerprint density at radius 3 is 2.41 bits per heavy atom. The van der Waals surface area contributed by atoms with Crippen LogP contribution in [-0.2, 0) is 27.8 Å². The maximum absolute atomic E-state index is 12.5. The molecule has 2 aromatic heterocycles. The van der Waals surface area contributed by atoms with Crippen LogP contribution in [0.5, 0.6) is 0 Å². The van der Waals surface area contributed by atoms with Crippen molar-refractivity contribution in [2.75, 3.05) is 11.9 Å². The summed E-state index contributed by atoms with van der Waals surface area (Å²) in [5.74, 6) is -0.833. The number of carbonyl (C=O) groups is 2. The third-order valence-corrected chi connectivity index (χ3v) is 5.77. The summed E-state index contributed by atoms with van der Waals surface area (Å²) in [7, 11) is 1.97. The SMILES string of the molecule is Cc1nn(-c2ccccc2)c(C)c1NC(=O)COC(=O)Cc1c(C)n(C)c2ccccc12. The molecule has 4 rings (SSSR count). The molecule has 0 bridgehead atoms. The Balaban J connectivity index is 1.41. The molecule has 32 heavy (non-hydrogen) atoms. The van der Waals surface area contributed by atoms with E-state index in [-0.39, 0.29) is 13.0 Å². The van der Waals surface area contributed by atoms with Crippen molar-refractivity contribution in [3.63, 3.8) is 0 Å². The molecule has 164 valence electrons. The number of ether oxygens (including phenoxy) is 1. The number of para-hydroxylation sites is 2. The zero-order valence-electron chi connectivity index (χ0n) is 18.7. The van der Waals surface area contributed by atoms with Crippen molar-refractivity contribution in [3.05, 3.63) is 77.2 Å². The third kappa shape index (κ3) is 4.01. The molecule has 0 atom stereocenters. The molecule has 0 aliphatic carbocycles. The molecule has 0 spiro atoms. The van der Waals surface area contributed by atoms with Gasteiger partial charge in [-0.05, 0) is 44.5 Å². The standard InChI is InChI=1S/C25H26N4O3/c1-16-25(18(3)29(27-16)19-10-6-5-7-11-19)26-23(30)15-32-24(31)14-21-17(2)28(4)22-13-9-8-12-20(21)22/h5-13H,14-15H2,1-4H3,(H,26,30). The quantitative estimate of drug-likeness (QED) is 0.469. The maximum Gasteiger partial charge on any atom is 0.310 e. The lowest BCUT2D eigenvalue weighted by atomic mass is 10.1. The minimum Gasteiger partial charge on any atom is -0.455 e. The highest BCUT2D eigenvalue weighted by Crippen LogP contribution is 2.25. The van der Waals surface area contributed by atoms with Gasteiger partial charge in [-0.2, -0.15) is 5.10 Å². The Hall–Kier alpha value is -3.87. The van der Waals surface area contributed by atoms with Gasteiger partial charge >= 0.3 is 5.97 Å². The first-order chi connectivity index (χ1) is 15.4. The first-order valence-electron chi connectivity index (χ1n) is 10.5. The van der Waals surface area contributed by atoms with Gasteiger partial charge in [-0.1, -0.05) is 36.4 Å². The van der Waals surface area contributed by atoms with Crippen molar-refractivity contribution >= 4 is 28.5 Å². The first-order valence-corrected chi connectivity index (χ1v) is 10.5. The van der Waals surface area contributed by atoms with Gasteiger partial charge in [0, 0.05) is 23.6 Å². The lowest BCUT2D eigenvalue weighted by Gasteiger charge is -2.08. The van der Waals surface area contributed by atoms with Crippen LogP contribution >= 0.6 is 0 Å². The molecule has 0 aliphatic heterocycles. The van der Waals surface area contributed by atoms with Crippen molar-refractivity contribution in [2.24, 2.45) is 7.05 Å². The van der Waals surface area contributed by atoms with Crippen LogP contribution in [0.1, 0.15) is 22.6 Å². The summed E-state index contributed by atoms with van der Waals surface area (Å²) in [6.45, 7) is 5.35. The van der Waals surface area contributed by atoms with E-state index in [0.29, 0.717) is 11.4 Å². The number of anilines is 1. The van der Waals surface area contributed by atoms with Crippen molar-refractivity contribution in [2.45, 2.75) is 27.2 Å². The van der Waals surface area contributed by atoms with Crippen LogP contribution in [0.2, 0.25) is 0 Å². The van der Waals surface area contributed by atoms with E-state index in [9.17, 15) is 9.59 Å². The van der Waals surface area contributed by atoms with E-state index in [1.165, 1.54) is 0 Å². The van der Waals surface area contributed by atoms with E-state index in [2.05, 4.69) is 15.0 Å². The molecular weight excluding hydrogens is 404 g/mol. The topological polar surface area (TPSA) is 78.2 Å². The van der Waals surface area contributed by atoms with Crippen LogP contribution in [0.15, 0.2) is 54.6 Å². The van der Waals surface area contributed by atoms with Gasteiger partial charge in [-0.15, -0.1) is 0 Å². The summed E-state index contributed by atoms with van der Waals surface area (Å²) < 4.78 is 9.11. The second-order valence-corrected chi connectivity index (χ2v) is 7.82. The molecule has 0 saturated heterocycles. The lowest BCUT2D eigenvalue weighted by Crippen LogP contribution is -2.22. The summed E-state index contributed by atoms with van der Waals surface area (Å²) in [6.07, 6.45) is 0.116. The maximum atomic E-state index is 12.5. The highest BCUT2D eigenvalue weighted by molar-refractivity contribution is 5.94. The normalized spacial score (nSPS) is 11.0.